The first kappa shape index (κ1) is 12.7. The Morgan fingerprint density at radius 3 is 2.94 bits per heavy atom. The average molecular weight is 234 g/mol. The molecular formula is C13H18N2S. The first-order valence-corrected chi connectivity index (χ1v) is 5.75. The van der Waals surface area contributed by atoms with Gasteiger partial charge in [0.1, 0.15) is 0 Å². The van der Waals surface area contributed by atoms with Gasteiger partial charge in [-0.15, -0.1) is 6.58 Å². The second-order valence-electron chi connectivity index (χ2n) is 3.84. The minimum absolute atomic E-state index is 0.192. The van der Waals surface area contributed by atoms with Crippen LogP contribution in [-0.2, 0) is 6.54 Å². The van der Waals surface area contributed by atoms with Crippen molar-refractivity contribution in [3.05, 3.63) is 48.0 Å². The quantitative estimate of drug-likeness (QED) is 0.618. The summed E-state index contributed by atoms with van der Waals surface area (Å²) in [5.74, 6) is 0. The lowest BCUT2D eigenvalue weighted by Crippen LogP contribution is -2.39. The fourth-order valence-electron chi connectivity index (χ4n) is 1.32. The molecular weight excluding hydrogens is 216 g/mol. The molecule has 0 bridgehead atoms. The fraction of sp³-hybridized carbons (Fsp3) is 0.308. The van der Waals surface area contributed by atoms with Gasteiger partial charge in [-0.2, -0.15) is 0 Å². The molecule has 2 nitrogen and oxygen atoms in total. The molecule has 0 radical (unpaired) electrons. The fourth-order valence-corrected chi connectivity index (χ4v) is 1.58. The monoisotopic (exact) mass is 234 g/mol. The summed E-state index contributed by atoms with van der Waals surface area (Å²) in [6, 6.07) is 8.55. The highest BCUT2D eigenvalue weighted by Gasteiger charge is 1.99. The van der Waals surface area contributed by atoms with Gasteiger partial charge in [-0.25, -0.2) is 0 Å². The topological polar surface area (TPSA) is 24.1 Å². The van der Waals surface area contributed by atoms with Gasteiger partial charge in [-0.3, -0.25) is 0 Å². The maximum atomic E-state index is 5.16. The smallest absolute Gasteiger partial charge is 0.167 e. The Hall–Kier alpha value is -1.35. The van der Waals surface area contributed by atoms with Gasteiger partial charge in [0.2, 0.25) is 0 Å². The molecule has 2 N–H and O–H groups in total. The lowest BCUT2D eigenvalue weighted by molar-refractivity contribution is 0.770. The van der Waals surface area contributed by atoms with E-state index in [1.54, 1.807) is 0 Å². The van der Waals surface area contributed by atoms with E-state index in [1.165, 1.54) is 11.1 Å². The van der Waals surface area contributed by atoms with E-state index in [1.807, 2.05) is 13.0 Å². The number of rotatable bonds is 4. The van der Waals surface area contributed by atoms with Crippen molar-refractivity contribution in [2.24, 2.45) is 0 Å². The Labute approximate surface area is 103 Å². The molecule has 0 aromatic heterocycles. The highest BCUT2D eigenvalue weighted by molar-refractivity contribution is 7.80. The van der Waals surface area contributed by atoms with Crippen LogP contribution in [0.5, 0.6) is 0 Å². The molecule has 1 aromatic carbocycles. The molecule has 0 saturated carbocycles. The molecule has 3 heteroatoms. The Kier molecular flexibility index (Phi) is 4.99. The van der Waals surface area contributed by atoms with Crippen LogP contribution < -0.4 is 10.6 Å². The number of hydrogen-bond acceptors (Lipinski definition) is 1. The van der Waals surface area contributed by atoms with Crippen LogP contribution in [0.15, 0.2) is 36.9 Å². The van der Waals surface area contributed by atoms with Crippen molar-refractivity contribution >= 4 is 17.3 Å². The summed E-state index contributed by atoms with van der Waals surface area (Å²) in [4.78, 5) is 0. The molecule has 16 heavy (non-hydrogen) atoms. The minimum Gasteiger partial charge on any atom is -0.359 e. The Morgan fingerprint density at radius 2 is 2.31 bits per heavy atom. The summed E-state index contributed by atoms with van der Waals surface area (Å²) < 4.78 is 0. The van der Waals surface area contributed by atoms with E-state index in [4.69, 9.17) is 12.2 Å². The van der Waals surface area contributed by atoms with Crippen LogP contribution in [0.25, 0.3) is 0 Å². The van der Waals surface area contributed by atoms with Gasteiger partial charge in [0.15, 0.2) is 5.11 Å². The van der Waals surface area contributed by atoms with Crippen molar-refractivity contribution < 1.29 is 0 Å². The zero-order chi connectivity index (χ0) is 12.0. The SMILES string of the molecule is C=CC(C)NC(=S)NCc1cccc(C)c1. The van der Waals surface area contributed by atoms with Crippen LogP contribution in [0, 0.1) is 6.92 Å². The normalized spacial score (nSPS) is 11.6. The molecule has 1 rings (SSSR count). The van der Waals surface area contributed by atoms with Crippen LogP contribution in [0.4, 0.5) is 0 Å². The molecule has 0 aliphatic carbocycles. The van der Waals surface area contributed by atoms with Gasteiger partial charge in [0, 0.05) is 12.6 Å². The third-order valence-electron chi connectivity index (χ3n) is 2.25. The first-order chi connectivity index (χ1) is 7.61. The first-order valence-electron chi connectivity index (χ1n) is 5.34. The Morgan fingerprint density at radius 1 is 1.56 bits per heavy atom. The summed E-state index contributed by atoms with van der Waals surface area (Å²) in [5, 5.41) is 6.94. The second kappa shape index (κ2) is 6.28. The largest absolute Gasteiger partial charge is 0.359 e. The van der Waals surface area contributed by atoms with Gasteiger partial charge in [-0.1, -0.05) is 35.9 Å². The number of thiocarbonyl (C=S) groups is 1. The molecule has 0 fully saturated rings. The third-order valence-corrected chi connectivity index (χ3v) is 2.51. The van der Waals surface area contributed by atoms with Gasteiger partial charge >= 0.3 is 0 Å². The number of nitrogens with one attached hydrogen (secondary N) is 2. The number of hydrogen-bond donors (Lipinski definition) is 2. The van der Waals surface area contributed by atoms with Crippen LogP contribution in [0.3, 0.4) is 0 Å². The van der Waals surface area contributed by atoms with Crippen LogP contribution in [0.2, 0.25) is 0 Å². The molecule has 0 amide bonds. The number of aryl methyl sites for hydroxylation is 1. The maximum absolute atomic E-state index is 5.16. The van der Waals surface area contributed by atoms with Crippen LogP contribution in [-0.4, -0.2) is 11.2 Å². The molecule has 1 atom stereocenters. The van der Waals surface area contributed by atoms with Crippen LogP contribution >= 0.6 is 12.2 Å². The van der Waals surface area contributed by atoms with Gasteiger partial charge < -0.3 is 10.6 Å². The predicted molar refractivity (Wildman–Crippen MR) is 73.4 cm³/mol. The molecule has 1 aromatic rings. The zero-order valence-electron chi connectivity index (χ0n) is 9.79. The summed E-state index contributed by atoms with van der Waals surface area (Å²) in [7, 11) is 0. The summed E-state index contributed by atoms with van der Waals surface area (Å²) in [6.45, 7) is 8.53. The van der Waals surface area contributed by atoms with E-state index in [0.29, 0.717) is 5.11 Å². The molecule has 0 saturated heterocycles. The predicted octanol–water partition coefficient (Wildman–Crippen LogP) is 2.53. The summed E-state index contributed by atoms with van der Waals surface area (Å²) >= 11 is 5.16. The van der Waals surface area contributed by atoms with Gasteiger partial charge in [0.05, 0.1) is 0 Å². The molecule has 1 unspecified atom stereocenters. The van der Waals surface area contributed by atoms with Crippen molar-refractivity contribution in [3.63, 3.8) is 0 Å². The Balaban J connectivity index is 2.40. The molecule has 0 heterocycles. The summed E-state index contributed by atoms with van der Waals surface area (Å²) in [5.41, 5.74) is 2.49. The molecule has 0 spiro atoms. The van der Waals surface area contributed by atoms with Crippen molar-refractivity contribution in [2.45, 2.75) is 26.4 Å². The van der Waals surface area contributed by atoms with E-state index >= 15 is 0 Å². The zero-order valence-corrected chi connectivity index (χ0v) is 10.6. The van der Waals surface area contributed by atoms with Gasteiger partial charge in [-0.05, 0) is 31.6 Å². The van der Waals surface area contributed by atoms with Gasteiger partial charge in [0.25, 0.3) is 0 Å². The standard InChI is InChI=1S/C13H18N2S/c1-4-11(3)15-13(16)14-9-12-7-5-6-10(2)8-12/h4-8,11H,1,9H2,2-3H3,(H2,14,15,16). The summed E-state index contributed by atoms with van der Waals surface area (Å²) in [6.07, 6.45) is 1.82. The number of benzene rings is 1. The Bertz CT molecular complexity index is 374. The molecule has 0 aliphatic rings. The van der Waals surface area contributed by atoms with Crippen LogP contribution in [0.1, 0.15) is 18.1 Å². The molecule has 86 valence electrons. The lowest BCUT2D eigenvalue weighted by Gasteiger charge is -2.13. The van der Waals surface area contributed by atoms with E-state index in [9.17, 15) is 0 Å². The highest BCUT2D eigenvalue weighted by atomic mass is 32.1. The minimum atomic E-state index is 0.192. The van der Waals surface area contributed by atoms with Crippen molar-refractivity contribution in [1.29, 1.82) is 0 Å². The van der Waals surface area contributed by atoms with Crippen molar-refractivity contribution in [3.8, 4) is 0 Å². The molecule has 0 aliphatic heterocycles. The van der Waals surface area contributed by atoms with Crippen molar-refractivity contribution in [1.82, 2.24) is 10.6 Å². The highest BCUT2D eigenvalue weighted by Crippen LogP contribution is 2.02. The second-order valence-corrected chi connectivity index (χ2v) is 4.25. The lowest BCUT2D eigenvalue weighted by atomic mass is 10.1. The van der Waals surface area contributed by atoms with Crippen molar-refractivity contribution in [2.75, 3.05) is 0 Å². The van der Waals surface area contributed by atoms with E-state index in [2.05, 4.69) is 48.4 Å². The van der Waals surface area contributed by atoms with E-state index < -0.39 is 0 Å². The average Bonchev–Trinajstić information content (AvgIpc) is 2.26. The van der Waals surface area contributed by atoms with E-state index in [0.717, 1.165) is 6.54 Å². The maximum Gasteiger partial charge on any atom is 0.167 e. The van der Waals surface area contributed by atoms with E-state index in [-0.39, 0.29) is 6.04 Å². The third kappa shape index (κ3) is 4.45.